The lowest BCUT2D eigenvalue weighted by atomic mass is 9.74. The molecule has 2 heterocycles. The average Bonchev–Trinajstić information content (AvgIpc) is 3.08. The second-order valence-corrected chi connectivity index (χ2v) is 11.5. The van der Waals surface area contributed by atoms with Crippen molar-refractivity contribution >= 4 is 40.2 Å². The van der Waals surface area contributed by atoms with Crippen LogP contribution < -0.4 is 10.6 Å². The van der Waals surface area contributed by atoms with Crippen LogP contribution in [0.1, 0.15) is 77.0 Å². The fraction of sp³-hybridized carbons (Fsp3) is 0.607. The Kier molecular flexibility index (Phi) is 7.19. The van der Waals surface area contributed by atoms with Gasteiger partial charge >= 0.3 is 0 Å². The minimum absolute atomic E-state index is 0.0826. The van der Waals surface area contributed by atoms with Gasteiger partial charge in [0.15, 0.2) is 5.96 Å². The molecule has 0 radical (unpaired) electrons. The van der Waals surface area contributed by atoms with E-state index in [-0.39, 0.29) is 11.9 Å². The summed E-state index contributed by atoms with van der Waals surface area (Å²) >= 11 is 6.38. The molecule has 2 aromatic rings. The maximum absolute atomic E-state index is 13.4. The van der Waals surface area contributed by atoms with Crippen LogP contribution in [0.25, 0.3) is 10.9 Å². The number of aromatic nitrogens is 1. The Hall–Kier alpha value is -2.34. The zero-order chi connectivity index (χ0) is 24.4. The summed E-state index contributed by atoms with van der Waals surface area (Å²) in [6.07, 6.45) is 13.7. The summed E-state index contributed by atoms with van der Waals surface area (Å²) in [7, 11) is 1.74. The Morgan fingerprint density at radius 3 is 2.69 bits per heavy atom. The molecule has 3 atom stereocenters. The first-order valence-corrected chi connectivity index (χ1v) is 13.8. The highest BCUT2D eigenvalue weighted by atomic mass is 35.5. The molecule has 2 aliphatic carbocycles. The molecule has 0 bridgehead atoms. The Balaban J connectivity index is 1.27. The number of nitrogens with one attached hydrogen (secondary N) is 3. The van der Waals surface area contributed by atoms with Gasteiger partial charge in [0.25, 0.3) is 5.91 Å². The van der Waals surface area contributed by atoms with Crippen LogP contribution in [-0.4, -0.2) is 40.4 Å². The van der Waals surface area contributed by atoms with Gasteiger partial charge in [-0.2, -0.15) is 0 Å². The van der Waals surface area contributed by atoms with E-state index in [9.17, 15) is 4.79 Å². The quantitative estimate of drug-likeness (QED) is 0.418. The smallest absolute Gasteiger partial charge is 0.254 e. The number of para-hydroxylation sites is 1. The molecule has 5 rings (SSSR count). The van der Waals surface area contributed by atoms with E-state index in [1.165, 1.54) is 37.0 Å². The number of hydrogen-bond acceptors (Lipinski definition) is 4. The number of halogens is 1. The Labute approximate surface area is 213 Å². The van der Waals surface area contributed by atoms with Gasteiger partial charge in [0, 0.05) is 18.5 Å². The van der Waals surface area contributed by atoms with E-state index in [1.54, 1.807) is 7.05 Å². The molecule has 1 aromatic heterocycles. The largest absolute Gasteiger partial charge is 0.367 e. The van der Waals surface area contributed by atoms with E-state index >= 15 is 0 Å². The van der Waals surface area contributed by atoms with Crippen molar-refractivity contribution in [1.82, 2.24) is 15.2 Å². The lowest BCUT2D eigenvalue weighted by Gasteiger charge is -2.37. The van der Waals surface area contributed by atoms with Gasteiger partial charge in [-0.3, -0.25) is 15.1 Å². The normalized spacial score (nSPS) is 27.9. The molecule has 1 aromatic carbocycles. The second kappa shape index (κ2) is 10.3. The third-order valence-corrected chi connectivity index (χ3v) is 8.86. The van der Waals surface area contributed by atoms with Crippen molar-refractivity contribution in [3.05, 3.63) is 35.4 Å². The second-order valence-electron chi connectivity index (χ2n) is 11.0. The van der Waals surface area contributed by atoms with Crippen molar-refractivity contribution < 1.29 is 4.79 Å². The highest BCUT2D eigenvalue weighted by molar-refractivity contribution is 6.35. The fourth-order valence-electron chi connectivity index (χ4n) is 6.62. The predicted molar refractivity (Wildman–Crippen MR) is 143 cm³/mol. The molecule has 35 heavy (non-hydrogen) atoms. The standard InChI is InChI=1S/C28H38ClN5O/c1-34-26(35)28(33-27(34)30,16-15-19-7-3-2-4-8-19)18-20-9-5-11-22(17-20)31-24-14-13-21-10-6-12-23(29)25(21)32-24/h6,10,12-14,19-20,22H,2-5,7-9,11,15-18H2,1H3,(H2,30,33)(H,31,32)/t20-,22+,28-/m0/s1. The van der Waals surface area contributed by atoms with Crippen LogP contribution in [0.15, 0.2) is 30.3 Å². The number of benzene rings is 1. The van der Waals surface area contributed by atoms with Gasteiger partial charge in [-0.1, -0.05) is 68.7 Å². The minimum Gasteiger partial charge on any atom is -0.367 e. The summed E-state index contributed by atoms with van der Waals surface area (Å²) in [5.41, 5.74) is 0.209. The highest BCUT2D eigenvalue weighted by Crippen LogP contribution is 2.39. The van der Waals surface area contributed by atoms with E-state index in [0.29, 0.717) is 17.0 Å². The lowest BCUT2D eigenvalue weighted by Crippen LogP contribution is -2.49. The predicted octanol–water partition coefficient (Wildman–Crippen LogP) is 6.34. The first kappa shape index (κ1) is 24.4. The maximum atomic E-state index is 13.4. The van der Waals surface area contributed by atoms with Gasteiger partial charge in [0.2, 0.25) is 0 Å². The number of guanidine groups is 1. The molecule has 6 nitrogen and oxygen atoms in total. The SMILES string of the molecule is CN1C(=N)N[C@@](CCC2CCCCC2)(C[C@H]2CCC[C@@H](Nc3ccc4cccc(Cl)c4n3)C2)C1=O. The number of amides is 1. The van der Waals surface area contributed by atoms with Crippen LogP contribution in [0, 0.1) is 17.2 Å². The number of rotatable bonds is 7. The van der Waals surface area contributed by atoms with Crippen molar-refractivity contribution in [2.75, 3.05) is 12.4 Å². The van der Waals surface area contributed by atoms with Gasteiger partial charge < -0.3 is 10.6 Å². The zero-order valence-electron chi connectivity index (χ0n) is 20.8. The number of carbonyl (C=O) groups excluding carboxylic acids is 1. The van der Waals surface area contributed by atoms with Crippen molar-refractivity contribution in [3.8, 4) is 0 Å². The van der Waals surface area contributed by atoms with Crippen molar-refractivity contribution in [2.24, 2.45) is 11.8 Å². The first-order chi connectivity index (χ1) is 16.9. The summed E-state index contributed by atoms with van der Waals surface area (Å²) in [6, 6.07) is 10.3. The summed E-state index contributed by atoms with van der Waals surface area (Å²) in [5, 5.41) is 17.0. The molecule has 3 N–H and O–H groups in total. The third kappa shape index (κ3) is 5.28. The molecule has 188 valence electrons. The fourth-order valence-corrected chi connectivity index (χ4v) is 6.85. The van der Waals surface area contributed by atoms with Gasteiger partial charge in [-0.05, 0) is 62.1 Å². The average molecular weight is 496 g/mol. The summed E-state index contributed by atoms with van der Waals surface area (Å²) in [5.74, 6) is 2.36. The van der Waals surface area contributed by atoms with E-state index < -0.39 is 5.54 Å². The summed E-state index contributed by atoms with van der Waals surface area (Å²) in [6.45, 7) is 0. The number of nitrogens with zero attached hydrogens (tertiary/aromatic N) is 2. The van der Waals surface area contributed by atoms with E-state index in [4.69, 9.17) is 22.0 Å². The molecule has 0 unspecified atom stereocenters. The van der Waals surface area contributed by atoms with Crippen LogP contribution >= 0.6 is 11.6 Å². The Morgan fingerprint density at radius 1 is 1.11 bits per heavy atom. The molecule has 1 aliphatic heterocycles. The molecule has 3 fully saturated rings. The Bertz CT molecular complexity index is 1080. The van der Waals surface area contributed by atoms with Crippen molar-refractivity contribution in [3.63, 3.8) is 0 Å². The van der Waals surface area contributed by atoms with Crippen molar-refractivity contribution in [2.45, 2.75) is 88.6 Å². The molecule has 2 saturated carbocycles. The Morgan fingerprint density at radius 2 is 1.91 bits per heavy atom. The number of pyridine rings is 1. The minimum atomic E-state index is -0.620. The number of fused-ring (bicyclic) bond motifs is 1. The monoisotopic (exact) mass is 495 g/mol. The molecule has 7 heteroatoms. The van der Waals surface area contributed by atoms with Crippen LogP contribution in [0.3, 0.4) is 0 Å². The van der Waals surface area contributed by atoms with Gasteiger partial charge in [0.1, 0.15) is 11.4 Å². The molecule has 3 aliphatic rings. The highest BCUT2D eigenvalue weighted by Gasteiger charge is 2.49. The summed E-state index contributed by atoms with van der Waals surface area (Å²) in [4.78, 5) is 19.7. The summed E-state index contributed by atoms with van der Waals surface area (Å²) < 4.78 is 0. The van der Waals surface area contributed by atoms with Crippen LogP contribution in [0.5, 0.6) is 0 Å². The van der Waals surface area contributed by atoms with E-state index in [0.717, 1.165) is 67.6 Å². The molecule has 0 spiro atoms. The number of anilines is 1. The third-order valence-electron chi connectivity index (χ3n) is 8.55. The molecule has 1 amide bonds. The van der Waals surface area contributed by atoms with Gasteiger partial charge in [0.05, 0.1) is 10.5 Å². The number of likely N-dealkylation sites (N-methyl/N-ethyl adjacent to an activating group) is 1. The van der Waals surface area contributed by atoms with E-state index in [1.807, 2.05) is 24.3 Å². The van der Waals surface area contributed by atoms with Crippen LogP contribution in [-0.2, 0) is 4.79 Å². The van der Waals surface area contributed by atoms with Crippen LogP contribution in [0.2, 0.25) is 5.02 Å². The first-order valence-electron chi connectivity index (χ1n) is 13.4. The molecule has 1 saturated heterocycles. The van der Waals surface area contributed by atoms with Gasteiger partial charge in [-0.15, -0.1) is 0 Å². The van der Waals surface area contributed by atoms with Crippen molar-refractivity contribution in [1.29, 1.82) is 5.41 Å². The van der Waals surface area contributed by atoms with Gasteiger partial charge in [-0.25, -0.2) is 4.98 Å². The number of carbonyl (C=O) groups is 1. The van der Waals surface area contributed by atoms with E-state index in [2.05, 4.69) is 16.7 Å². The molecular weight excluding hydrogens is 458 g/mol. The van der Waals surface area contributed by atoms with Crippen LogP contribution in [0.4, 0.5) is 5.82 Å². The molecular formula is C28H38ClN5O. The lowest BCUT2D eigenvalue weighted by molar-refractivity contribution is -0.131. The topological polar surface area (TPSA) is 81.1 Å². The number of hydrogen-bond donors (Lipinski definition) is 3. The zero-order valence-corrected chi connectivity index (χ0v) is 21.5. The maximum Gasteiger partial charge on any atom is 0.254 e.